The van der Waals surface area contributed by atoms with Crippen LogP contribution in [0.3, 0.4) is 0 Å². The van der Waals surface area contributed by atoms with Crippen molar-refractivity contribution < 1.29 is 19.0 Å². The van der Waals surface area contributed by atoms with Gasteiger partial charge in [-0.05, 0) is 30.5 Å². The van der Waals surface area contributed by atoms with Crippen LogP contribution in [0.5, 0.6) is 5.75 Å². The molecule has 0 aliphatic carbocycles. The Hall–Kier alpha value is -1.13. The van der Waals surface area contributed by atoms with Crippen molar-refractivity contribution >= 4 is 0 Å². The van der Waals surface area contributed by atoms with Crippen LogP contribution in [0.2, 0.25) is 0 Å². The SMILES string of the molecule is COc1cc(F)cc(CC2(O)CC3CCC(C2)O3)c1. The Bertz CT molecular complexity index is 462. The maximum absolute atomic E-state index is 13.5. The Kier molecular flexibility index (Phi) is 3.23. The molecule has 0 amide bonds. The molecule has 3 rings (SSSR count). The third-order valence-corrected chi connectivity index (χ3v) is 4.11. The van der Waals surface area contributed by atoms with Gasteiger partial charge >= 0.3 is 0 Å². The monoisotopic (exact) mass is 266 g/mol. The zero-order valence-electron chi connectivity index (χ0n) is 11.1. The topological polar surface area (TPSA) is 38.7 Å². The summed E-state index contributed by atoms with van der Waals surface area (Å²) in [6.07, 6.45) is 4.12. The van der Waals surface area contributed by atoms with E-state index in [9.17, 15) is 9.50 Å². The minimum Gasteiger partial charge on any atom is -0.497 e. The lowest BCUT2D eigenvalue weighted by molar-refractivity contribution is -0.110. The van der Waals surface area contributed by atoms with Crippen LogP contribution in [-0.4, -0.2) is 30.0 Å². The largest absolute Gasteiger partial charge is 0.497 e. The van der Waals surface area contributed by atoms with Crippen LogP contribution in [0.15, 0.2) is 18.2 Å². The molecule has 2 heterocycles. The summed E-state index contributed by atoms with van der Waals surface area (Å²) in [7, 11) is 1.52. The summed E-state index contributed by atoms with van der Waals surface area (Å²) in [6, 6.07) is 4.61. The molecule has 3 nitrogen and oxygen atoms in total. The fourth-order valence-electron chi connectivity index (χ4n) is 3.38. The molecule has 2 aliphatic rings. The van der Waals surface area contributed by atoms with E-state index in [4.69, 9.17) is 9.47 Å². The predicted molar refractivity (Wildman–Crippen MR) is 68.7 cm³/mol. The minimum atomic E-state index is -0.775. The fourth-order valence-corrected chi connectivity index (χ4v) is 3.38. The summed E-state index contributed by atoms with van der Waals surface area (Å²) >= 11 is 0. The van der Waals surface area contributed by atoms with Crippen molar-refractivity contribution in [1.82, 2.24) is 0 Å². The molecule has 2 saturated heterocycles. The van der Waals surface area contributed by atoms with Gasteiger partial charge in [-0.3, -0.25) is 0 Å². The maximum Gasteiger partial charge on any atom is 0.127 e. The summed E-state index contributed by atoms with van der Waals surface area (Å²) in [4.78, 5) is 0. The molecule has 19 heavy (non-hydrogen) atoms. The van der Waals surface area contributed by atoms with Gasteiger partial charge in [-0.25, -0.2) is 4.39 Å². The number of fused-ring (bicyclic) bond motifs is 2. The lowest BCUT2D eigenvalue weighted by Gasteiger charge is -2.36. The van der Waals surface area contributed by atoms with Gasteiger partial charge < -0.3 is 14.6 Å². The normalized spacial score (nSPS) is 33.4. The van der Waals surface area contributed by atoms with Gasteiger partial charge in [-0.15, -0.1) is 0 Å². The van der Waals surface area contributed by atoms with Gasteiger partial charge in [-0.1, -0.05) is 0 Å². The summed E-state index contributed by atoms with van der Waals surface area (Å²) in [6.45, 7) is 0. The van der Waals surface area contributed by atoms with E-state index < -0.39 is 5.60 Å². The molecule has 2 bridgehead atoms. The number of rotatable bonds is 3. The number of halogens is 1. The number of hydrogen-bond acceptors (Lipinski definition) is 3. The van der Waals surface area contributed by atoms with Crippen LogP contribution in [0, 0.1) is 5.82 Å². The smallest absolute Gasteiger partial charge is 0.127 e. The molecule has 0 aromatic heterocycles. The van der Waals surface area contributed by atoms with E-state index in [1.807, 2.05) is 0 Å². The molecule has 0 radical (unpaired) electrons. The first-order chi connectivity index (χ1) is 9.06. The van der Waals surface area contributed by atoms with Crippen molar-refractivity contribution in [2.45, 2.75) is 49.9 Å². The van der Waals surface area contributed by atoms with Crippen molar-refractivity contribution in [3.63, 3.8) is 0 Å². The van der Waals surface area contributed by atoms with Gasteiger partial charge in [0.2, 0.25) is 0 Å². The Labute approximate surface area is 112 Å². The van der Waals surface area contributed by atoms with Crippen LogP contribution >= 0.6 is 0 Å². The van der Waals surface area contributed by atoms with Gasteiger partial charge in [0.1, 0.15) is 11.6 Å². The first kappa shape index (κ1) is 12.9. The van der Waals surface area contributed by atoms with E-state index in [0.29, 0.717) is 25.0 Å². The summed E-state index contributed by atoms with van der Waals surface area (Å²) in [5.41, 5.74) is 0.00347. The third kappa shape index (κ3) is 2.74. The summed E-state index contributed by atoms with van der Waals surface area (Å²) in [5.74, 6) is 0.168. The highest BCUT2D eigenvalue weighted by Crippen LogP contribution is 2.40. The average molecular weight is 266 g/mol. The molecule has 104 valence electrons. The Morgan fingerprint density at radius 2 is 2.00 bits per heavy atom. The molecule has 2 fully saturated rings. The van der Waals surface area contributed by atoms with Crippen LogP contribution in [0.1, 0.15) is 31.2 Å². The standard InChI is InChI=1S/C15H19FO3/c1-18-14-5-10(4-11(16)6-14)7-15(17)8-12-2-3-13(9-15)19-12/h4-6,12-13,17H,2-3,7-9H2,1H3. The molecule has 4 heteroatoms. The van der Waals surface area contributed by atoms with Gasteiger partial charge in [0.15, 0.2) is 0 Å². The quantitative estimate of drug-likeness (QED) is 0.913. The second-order valence-electron chi connectivity index (χ2n) is 5.77. The highest BCUT2D eigenvalue weighted by molar-refractivity contribution is 5.30. The highest BCUT2D eigenvalue weighted by atomic mass is 19.1. The molecular formula is C15H19FO3. The summed E-state index contributed by atoms with van der Waals surface area (Å²) in [5, 5.41) is 10.7. The van der Waals surface area contributed by atoms with Crippen LogP contribution in [-0.2, 0) is 11.2 Å². The number of benzene rings is 1. The van der Waals surface area contributed by atoms with E-state index in [0.717, 1.165) is 18.4 Å². The lowest BCUT2D eigenvalue weighted by Crippen LogP contribution is -2.42. The average Bonchev–Trinajstić information content (AvgIpc) is 2.68. The van der Waals surface area contributed by atoms with Gasteiger partial charge in [-0.2, -0.15) is 0 Å². The Balaban J connectivity index is 1.78. The zero-order chi connectivity index (χ0) is 13.5. The highest BCUT2D eigenvalue weighted by Gasteiger charge is 2.43. The van der Waals surface area contributed by atoms with E-state index in [-0.39, 0.29) is 18.0 Å². The fraction of sp³-hybridized carbons (Fsp3) is 0.600. The summed E-state index contributed by atoms with van der Waals surface area (Å²) < 4.78 is 24.3. The van der Waals surface area contributed by atoms with E-state index in [1.54, 1.807) is 6.07 Å². The van der Waals surface area contributed by atoms with Crippen molar-refractivity contribution in [3.05, 3.63) is 29.6 Å². The van der Waals surface area contributed by atoms with Gasteiger partial charge in [0, 0.05) is 25.3 Å². The first-order valence-electron chi connectivity index (χ1n) is 6.78. The van der Waals surface area contributed by atoms with Crippen LogP contribution in [0.25, 0.3) is 0 Å². The Morgan fingerprint density at radius 3 is 2.63 bits per heavy atom. The van der Waals surface area contributed by atoms with Crippen molar-refractivity contribution in [3.8, 4) is 5.75 Å². The minimum absolute atomic E-state index is 0.166. The van der Waals surface area contributed by atoms with E-state index in [1.165, 1.54) is 19.2 Å². The van der Waals surface area contributed by atoms with E-state index in [2.05, 4.69) is 0 Å². The second-order valence-corrected chi connectivity index (χ2v) is 5.77. The first-order valence-corrected chi connectivity index (χ1v) is 6.78. The lowest BCUT2D eigenvalue weighted by atomic mass is 9.84. The van der Waals surface area contributed by atoms with Crippen molar-refractivity contribution in [2.24, 2.45) is 0 Å². The van der Waals surface area contributed by atoms with Crippen LogP contribution < -0.4 is 4.74 Å². The number of ether oxygens (including phenoxy) is 2. The molecular weight excluding hydrogens is 247 g/mol. The number of hydrogen-bond donors (Lipinski definition) is 1. The molecule has 2 aliphatic heterocycles. The third-order valence-electron chi connectivity index (χ3n) is 4.11. The molecule has 1 aromatic carbocycles. The Morgan fingerprint density at radius 1 is 1.32 bits per heavy atom. The van der Waals surface area contributed by atoms with Gasteiger partial charge in [0.05, 0.1) is 24.9 Å². The number of methoxy groups -OCH3 is 1. The van der Waals surface area contributed by atoms with Crippen molar-refractivity contribution in [2.75, 3.05) is 7.11 Å². The van der Waals surface area contributed by atoms with Crippen LogP contribution in [0.4, 0.5) is 4.39 Å². The molecule has 1 N–H and O–H groups in total. The molecule has 1 aromatic rings. The molecule has 2 unspecified atom stereocenters. The zero-order valence-corrected chi connectivity index (χ0v) is 11.1. The molecule has 2 atom stereocenters. The van der Waals surface area contributed by atoms with Crippen molar-refractivity contribution in [1.29, 1.82) is 0 Å². The van der Waals surface area contributed by atoms with E-state index >= 15 is 0 Å². The van der Waals surface area contributed by atoms with Gasteiger partial charge in [0.25, 0.3) is 0 Å². The molecule has 0 saturated carbocycles. The predicted octanol–water partition coefficient (Wildman–Crippen LogP) is 2.45. The molecule has 0 spiro atoms. The second kappa shape index (κ2) is 4.76. The number of aliphatic hydroxyl groups is 1. The maximum atomic E-state index is 13.5.